The summed E-state index contributed by atoms with van der Waals surface area (Å²) in [6.45, 7) is 3.85. The predicted octanol–water partition coefficient (Wildman–Crippen LogP) is 1.56. The molecule has 0 unspecified atom stereocenters. The summed E-state index contributed by atoms with van der Waals surface area (Å²) in [5.41, 5.74) is 0.902. The fourth-order valence-corrected chi connectivity index (χ4v) is 4.28. The van der Waals surface area contributed by atoms with E-state index >= 15 is 0 Å². The highest BCUT2D eigenvalue weighted by Crippen LogP contribution is 2.23. The average molecular weight is 442 g/mol. The minimum absolute atomic E-state index is 0.0780. The smallest absolute Gasteiger partial charge is 0.332 e. The summed E-state index contributed by atoms with van der Waals surface area (Å²) in [4.78, 5) is 32.4. The molecule has 172 valence electrons. The van der Waals surface area contributed by atoms with Crippen molar-refractivity contribution in [3.63, 3.8) is 0 Å². The molecule has 3 heterocycles. The van der Waals surface area contributed by atoms with Crippen molar-refractivity contribution in [3.8, 4) is 5.75 Å². The van der Waals surface area contributed by atoms with Crippen molar-refractivity contribution in [2.24, 2.45) is 14.1 Å². The first kappa shape index (κ1) is 22.1. The maximum Gasteiger partial charge on any atom is 0.332 e. The van der Waals surface area contributed by atoms with Gasteiger partial charge in [-0.1, -0.05) is 25.0 Å². The minimum Gasteiger partial charge on any atom is -0.491 e. The molecule has 0 amide bonds. The van der Waals surface area contributed by atoms with Crippen molar-refractivity contribution in [1.29, 1.82) is 0 Å². The van der Waals surface area contributed by atoms with Crippen molar-refractivity contribution in [1.82, 2.24) is 18.7 Å². The van der Waals surface area contributed by atoms with E-state index in [9.17, 15) is 14.7 Å². The van der Waals surface area contributed by atoms with Gasteiger partial charge in [0.2, 0.25) is 5.95 Å². The Kier molecular flexibility index (Phi) is 6.36. The molecule has 0 aliphatic carbocycles. The van der Waals surface area contributed by atoms with E-state index in [1.165, 1.54) is 11.6 Å². The van der Waals surface area contributed by atoms with Crippen molar-refractivity contribution < 1.29 is 9.84 Å². The highest BCUT2D eigenvalue weighted by molar-refractivity contribution is 5.74. The molecule has 9 heteroatoms. The number of rotatable bonds is 6. The van der Waals surface area contributed by atoms with E-state index in [0.717, 1.165) is 48.9 Å². The normalized spacial score (nSPS) is 15.7. The molecular formula is C23H31N5O4. The van der Waals surface area contributed by atoms with Crippen LogP contribution in [0.15, 0.2) is 33.9 Å². The third-order valence-corrected chi connectivity index (χ3v) is 6.04. The van der Waals surface area contributed by atoms with Crippen LogP contribution in [0.25, 0.3) is 11.2 Å². The Bertz CT molecular complexity index is 1220. The van der Waals surface area contributed by atoms with Gasteiger partial charge in [-0.15, -0.1) is 0 Å². The van der Waals surface area contributed by atoms with Crippen LogP contribution in [0.3, 0.4) is 0 Å². The second kappa shape index (κ2) is 9.20. The number of nitrogens with zero attached hydrogens (tertiary/aromatic N) is 5. The van der Waals surface area contributed by atoms with Gasteiger partial charge in [0.25, 0.3) is 5.56 Å². The Morgan fingerprint density at radius 3 is 2.50 bits per heavy atom. The van der Waals surface area contributed by atoms with Gasteiger partial charge in [0.15, 0.2) is 11.2 Å². The maximum absolute atomic E-state index is 13.0. The van der Waals surface area contributed by atoms with E-state index in [1.54, 1.807) is 11.6 Å². The Balaban J connectivity index is 1.71. The maximum atomic E-state index is 13.0. The van der Waals surface area contributed by atoms with Gasteiger partial charge in [-0.2, -0.15) is 4.98 Å². The third kappa shape index (κ3) is 4.29. The van der Waals surface area contributed by atoms with E-state index in [0.29, 0.717) is 22.9 Å². The van der Waals surface area contributed by atoms with Crippen molar-refractivity contribution in [3.05, 3.63) is 50.7 Å². The molecule has 0 spiro atoms. The van der Waals surface area contributed by atoms with Gasteiger partial charge < -0.3 is 19.3 Å². The molecule has 0 saturated carbocycles. The Hall–Kier alpha value is -3.07. The van der Waals surface area contributed by atoms with E-state index in [-0.39, 0.29) is 13.2 Å². The summed E-state index contributed by atoms with van der Waals surface area (Å²) in [7, 11) is 3.08. The monoisotopic (exact) mass is 441 g/mol. The van der Waals surface area contributed by atoms with Gasteiger partial charge in [-0.3, -0.25) is 13.9 Å². The number of benzene rings is 1. The van der Waals surface area contributed by atoms with Crippen molar-refractivity contribution in [2.45, 2.75) is 45.3 Å². The molecule has 9 nitrogen and oxygen atoms in total. The van der Waals surface area contributed by atoms with Gasteiger partial charge in [0.1, 0.15) is 18.5 Å². The lowest BCUT2D eigenvalue weighted by atomic mass is 10.2. The van der Waals surface area contributed by atoms with Crippen LogP contribution >= 0.6 is 0 Å². The van der Waals surface area contributed by atoms with E-state index in [2.05, 4.69) is 4.90 Å². The van der Waals surface area contributed by atoms with Crippen LogP contribution in [0.2, 0.25) is 0 Å². The molecule has 1 aliphatic heterocycles. The van der Waals surface area contributed by atoms with Gasteiger partial charge in [-0.05, 0) is 37.5 Å². The van der Waals surface area contributed by atoms with Crippen LogP contribution in [0.5, 0.6) is 5.75 Å². The number of hydrogen-bond donors (Lipinski definition) is 1. The average Bonchev–Trinajstić information content (AvgIpc) is 2.95. The lowest BCUT2D eigenvalue weighted by Crippen LogP contribution is -2.38. The number of hydrogen-bond acceptors (Lipinski definition) is 6. The number of ether oxygens (including phenoxy) is 1. The van der Waals surface area contributed by atoms with Crippen LogP contribution < -0.4 is 20.9 Å². The number of aliphatic hydroxyl groups excluding tert-OH is 1. The predicted molar refractivity (Wildman–Crippen MR) is 124 cm³/mol. The molecule has 32 heavy (non-hydrogen) atoms. The molecule has 1 saturated heterocycles. The number of aryl methyl sites for hydroxylation is 2. The number of fused-ring (bicyclic) bond motifs is 1. The first-order valence-electron chi connectivity index (χ1n) is 11.2. The second-order valence-corrected chi connectivity index (χ2v) is 8.58. The number of anilines is 1. The quantitative estimate of drug-likeness (QED) is 0.624. The second-order valence-electron chi connectivity index (χ2n) is 8.58. The van der Waals surface area contributed by atoms with Crippen LogP contribution in [0.1, 0.15) is 31.2 Å². The van der Waals surface area contributed by atoms with Crippen LogP contribution in [0, 0.1) is 6.92 Å². The SMILES string of the molecule is Cc1cccc(OC[C@H](O)Cn2c(N3CCCCCC3)nc3c2c(=O)n(C)c(=O)n3C)c1. The van der Waals surface area contributed by atoms with Crippen LogP contribution in [-0.4, -0.2) is 49.6 Å². The summed E-state index contributed by atoms with van der Waals surface area (Å²) >= 11 is 0. The van der Waals surface area contributed by atoms with E-state index in [4.69, 9.17) is 9.72 Å². The lowest BCUT2D eigenvalue weighted by Gasteiger charge is -2.23. The van der Waals surface area contributed by atoms with Crippen LogP contribution in [0.4, 0.5) is 5.95 Å². The highest BCUT2D eigenvalue weighted by Gasteiger charge is 2.25. The fraction of sp³-hybridized carbons (Fsp3) is 0.522. The molecule has 0 radical (unpaired) electrons. The largest absolute Gasteiger partial charge is 0.491 e. The molecule has 1 aromatic carbocycles. The summed E-state index contributed by atoms with van der Waals surface area (Å²) in [6, 6.07) is 7.64. The summed E-state index contributed by atoms with van der Waals surface area (Å²) in [5.74, 6) is 1.31. The van der Waals surface area contributed by atoms with Crippen LogP contribution in [-0.2, 0) is 20.6 Å². The third-order valence-electron chi connectivity index (χ3n) is 6.04. The zero-order chi connectivity index (χ0) is 22.8. The fourth-order valence-electron chi connectivity index (χ4n) is 4.28. The number of imidazole rings is 1. The zero-order valence-electron chi connectivity index (χ0n) is 19.0. The van der Waals surface area contributed by atoms with Gasteiger partial charge in [-0.25, -0.2) is 4.79 Å². The topological polar surface area (TPSA) is 94.5 Å². The first-order chi connectivity index (χ1) is 15.4. The number of aromatic nitrogens is 4. The summed E-state index contributed by atoms with van der Waals surface area (Å²) < 4.78 is 10.0. The van der Waals surface area contributed by atoms with Gasteiger partial charge in [0, 0.05) is 27.2 Å². The van der Waals surface area contributed by atoms with Crippen molar-refractivity contribution >= 4 is 17.1 Å². The Morgan fingerprint density at radius 1 is 1.09 bits per heavy atom. The van der Waals surface area contributed by atoms with E-state index < -0.39 is 17.4 Å². The summed E-state index contributed by atoms with van der Waals surface area (Å²) in [6.07, 6.45) is 3.53. The molecule has 1 N–H and O–H groups in total. The number of aliphatic hydroxyl groups is 1. The molecule has 3 aromatic rings. The minimum atomic E-state index is -0.861. The first-order valence-corrected chi connectivity index (χ1v) is 11.2. The molecule has 2 aromatic heterocycles. The summed E-state index contributed by atoms with van der Waals surface area (Å²) in [5, 5.41) is 10.8. The molecule has 1 fully saturated rings. The van der Waals surface area contributed by atoms with Gasteiger partial charge >= 0.3 is 5.69 Å². The molecule has 1 atom stereocenters. The zero-order valence-corrected chi connectivity index (χ0v) is 19.0. The highest BCUT2D eigenvalue weighted by atomic mass is 16.5. The van der Waals surface area contributed by atoms with E-state index in [1.807, 2.05) is 31.2 Å². The molecular weight excluding hydrogens is 410 g/mol. The molecule has 4 rings (SSSR count). The van der Waals surface area contributed by atoms with Crippen molar-refractivity contribution in [2.75, 3.05) is 24.6 Å². The Labute approximate surface area is 186 Å². The molecule has 1 aliphatic rings. The lowest BCUT2D eigenvalue weighted by molar-refractivity contribution is 0.0936. The molecule has 0 bridgehead atoms. The van der Waals surface area contributed by atoms with Gasteiger partial charge in [0.05, 0.1) is 6.54 Å². The standard InChI is InChI=1S/C23H31N5O4/c1-16-9-8-10-18(13-16)32-15-17(29)14-28-19-20(25(2)23(31)26(3)21(19)30)24-22(28)27-11-6-4-5-7-12-27/h8-10,13,17,29H,4-7,11-12,14-15H2,1-3H3/t17-/m1/s1. The Morgan fingerprint density at radius 2 is 1.81 bits per heavy atom.